The van der Waals surface area contributed by atoms with Crippen molar-refractivity contribution in [2.24, 2.45) is 5.92 Å². The first-order chi connectivity index (χ1) is 10.5. The molecule has 1 heterocycles. The van der Waals surface area contributed by atoms with E-state index < -0.39 is 0 Å². The van der Waals surface area contributed by atoms with E-state index in [1.807, 2.05) is 13.8 Å². The van der Waals surface area contributed by atoms with Crippen LogP contribution < -0.4 is 10.1 Å². The second-order valence-electron chi connectivity index (χ2n) is 5.88. The van der Waals surface area contributed by atoms with Gasteiger partial charge in [0.05, 0.1) is 16.8 Å². The molecule has 1 aromatic carbocycles. The SMILES string of the molecule is CC(C)Oc1ccc(NC(=O)N2CCC[C@@H](CO)C2)c(Cl)c1. The lowest BCUT2D eigenvalue weighted by Gasteiger charge is -2.31. The minimum atomic E-state index is -0.183. The predicted octanol–water partition coefficient (Wildman–Crippen LogP) is 3.36. The average Bonchev–Trinajstić information content (AvgIpc) is 2.49. The van der Waals surface area contributed by atoms with Crippen molar-refractivity contribution < 1.29 is 14.6 Å². The van der Waals surface area contributed by atoms with Gasteiger partial charge in [0.15, 0.2) is 0 Å². The fraction of sp³-hybridized carbons (Fsp3) is 0.562. The highest BCUT2D eigenvalue weighted by atomic mass is 35.5. The van der Waals surface area contributed by atoms with Gasteiger partial charge in [-0.2, -0.15) is 0 Å². The average molecular weight is 327 g/mol. The van der Waals surface area contributed by atoms with Gasteiger partial charge < -0.3 is 20.1 Å². The van der Waals surface area contributed by atoms with Crippen molar-refractivity contribution in [1.29, 1.82) is 0 Å². The summed E-state index contributed by atoms with van der Waals surface area (Å²) in [5, 5.41) is 12.5. The van der Waals surface area contributed by atoms with Gasteiger partial charge in [-0.1, -0.05) is 11.6 Å². The van der Waals surface area contributed by atoms with E-state index in [0.29, 0.717) is 29.5 Å². The molecule has 5 nitrogen and oxygen atoms in total. The van der Waals surface area contributed by atoms with Crippen LogP contribution in [0.15, 0.2) is 18.2 Å². The Morgan fingerprint density at radius 2 is 2.32 bits per heavy atom. The number of nitrogens with one attached hydrogen (secondary N) is 1. The molecule has 0 aliphatic carbocycles. The lowest BCUT2D eigenvalue weighted by atomic mass is 9.99. The maximum Gasteiger partial charge on any atom is 0.321 e. The lowest BCUT2D eigenvalue weighted by molar-refractivity contribution is 0.136. The van der Waals surface area contributed by atoms with Gasteiger partial charge in [0.2, 0.25) is 0 Å². The Morgan fingerprint density at radius 1 is 1.55 bits per heavy atom. The molecule has 1 aromatic rings. The summed E-state index contributed by atoms with van der Waals surface area (Å²) in [6.07, 6.45) is 1.94. The van der Waals surface area contributed by atoms with Crippen LogP contribution in [-0.4, -0.2) is 41.8 Å². The van der Waals surface area contributed by atoms with Crippen molar-refractivity contribution in [2.75, 3.05) is 25.0 Å². The number of amides is 2. The zero-order valence-corrected chi connectivity index (χ0v) is 13.8. The number of carbonyl (C=O) groups is 1. The number of hydrogen-bond acceptors (Lipinski definition) is 3. The minimum absolute atomic E-state index is 0.0697. The standard InChI is InChI=1S/C16H23ClN2O3/c1-11(2)22-13-5-6-15(14(17)8-13)18-16(21)19-7-3-4-12(9-19)10-20/h5-6,8,11-12,20H,3-4,7,9-10H2,1-2H3,(H,18,21)/t12-/m1/s1. The fourth-order valence-electron chi connectivity index (χ4n) is 2.54. The molecule has 1 saturated heterocycles. The smallest absolute Gasteiger partial charge is 0.321 e. The maximum atomic E-state index is 12.3. The molecule has 1 atom stereocenters. The molecule has 1 fully saturated rings. The van der Waals surface area contributed by atoms with Gasteiger partial charge in [0.1, 0.15) is 5.75 Å². The minimum Gasteiger partial charge on any atom is -0.491 e. The summed E-state index contributed by atoms with van der Waals surface area (Å²) in [6, 6.07) is 5.04. The molecule has 1 aliphatic heterocycles. The fourth-order valence-corrected chi connectivity index (χ4v) is 2.75. The normalized spacial score (nSPS) is 18.4. The number of urea groups is 1. The van der Waals surface area contributed by atoms with E-state index in [0.717, 1.165) is 12.8 Å². The Labute approximate surface area is 136 Å². The summed E-state index contributed by atoms with van der Waals surface area (Å²) in [6.45, 7) is 5.28. The molecule has 0 bridgehead atoms. The maximum absolute atomic E-state index is 12.3. The number of anilines is 1. The number of likely N-dealkylation sites (tertiary alicyclic amines) is 1. The van der Waals surface area contributed by atoms with Crippen molar-refractivity contribution in [3.63, 3.8) is 0 Å². The highest BCUT2D eigenvalue weighted by molar-refractivity contribution is 6.33. The molecule has 0 unspecified atom stereocenters. The Balaban J connectivity index is 1.99. The van der Waals surface area contributed by atoms with Crippen molar-refractivity contribution in [1.82, 2.24) is 4.90 Å². The van der Waals surface area contributed by atoms with Crippen molar-refractivity contribution in [2.45, 2.75) is 32.8 Å². The quantitative estimate of drug-likeness (QED) is 0.891. The number of piperidine rings is 1. The summed E-state index contributed by atoms with van der Waals surface area (Å²) in [5.74, 6) is 0.841. The Hall–Kier alpha value is -1.46. The number of benzene rings is 1. The van der Waals surface area contributed by atoms with Crippen molar-refractivity contribution >= 4 is 23.3 Å². The molecule has 0 radical (unpaired) electrons. The van der Waals surface area contributed by atoms with Gasteiger partial charge in [-0.25, -0.2) is 4.79 Å². The van der Waals surface area contributed by atoms with E-state index in [9.17, 15) is 9.90 Å². The van der Waals surface area contributed by atoms with E-state index in [1.54, 1.807) is 23.1 Å². The summed E-state index contributed by atoms with van der Waals surface area (Å²) in [7, 11) is 0. The van der Waals surface area contributed by atoms with Crippen molar-refractivity contribution in [3.05, 3.63) is 23.2 Å². The Kier molecular flexibility index (Phi) is 5.91. The number of halogens is 1. The number of hydrogen-bond donors (Lipinski definition) is 2. The van der Waals surface area contributed by atoms with Crippen LogP contribution in [0.3, 0.4) is 0 Å². The molecular formula is C16H23ClN2O3. The third-order valence-electron chi connectivity index (χ3n) is 3.62. The van der Waals surface area contributed by atoms with Crippen LogP contribution in [-0.2, 0) is 0 Å². The summed E-state index contributed by atoms with van der Waals surface area (Å²) >= 11 is 6.20. The topological polar surface area (TPSA) is 61.8 Å². The number of nitrogens with zero attached hydrogens (tertiary/aromatic N) is 1. The van der Waals surface area contributed by atoms with Crippen LogP contribution in [0, 0.1) is 5.92 Å². The van der Waals surface area contributed by atoms with E-state index >= 15 is 0 Å². The van der Waals surface area contributed by atoms with E-state index in [1.165, 1.54) is 0 Å². The molecule has 0 aromatic heterocycles. The highest BCUT2D eigenvalue weighted by Crippen LogP contribution is 2.28. The monoisotopic (exact) mass is 326 g/mol. The van der Waals surface area contributed by atoms with Crippen LogP contribution in [0.1, 0.15) is 26.7 Å². The first-order valence-electron chi connectivity index (χ1n) is 7.62. The van der Waals surface area contributed by atoms with Gasteiger partial charge in [-0.3, -0.25) is 0 Å². The van der Waals surface area contributed by atoms with Crippen LogP contribution in [0.4, 0.5) is 10.5 Å². The zero-order chi connectivity index (χ0) is 16.1. The van der Waals surface area contributed by atoms with E-state index in [-0.39, 0.29) is 24.7 Å². The zero-order valence-electron chi connectivity index (χ0n) is 13.0. The van der Waals surface area contributed by atoms with Gasteiger partial charge in [-0.15, -0.1) is 0 Å². The molecule has 122 valence electrons. The van der Waals surface area contributed by atoms with E-state index in [2.05, 4.69) is 5.32 Å². The summed E-state index contributed by atoms with van der Waals surface area (Å²) in [5.41, 5.74) is 0.564. The third-order valence-corrected chi connectivity index (χ3v) is 3.93. The number of aliphatic hydroxyl groups excluding tert-OH is 1. The molecule has 6 heteroatoms. The number of rotatable bonds is 4. The molecule has 2 rings (SSSR count). The molecular weight excluding hydrogens is 304 g/mol. The molecule has 22 heavy (non-hydrogen) atoms. The molecule has 2 N–H and O–H groups in total. The van der Waals surface area contributed by atoms with Gasteiger partial charge in [-0.05, 0) is 44.7 Å². The highest BCUT2D eigenvalue weighted by Gasteiger charge is 2.23. The number of aliphatic hydroxyl groups is 1. The van der Waals surface area contributed by atoms with Crippen molar-refractivity contribution in [3.8, 4) is 5.75 Å². The molecule has 0 saturated carbocycles. The molecule has 2 amide bonds. The summed E-state index contributed by atoms with van der Waals surface area (Å²) < 4.78 is 5.56. The van der Waals surface area contributed by atoms with Gasteiger partial charge >= 0.3 is 6.03 Å². The second kappa shape index (κ2) is 7.70. The second-order valence-corrected chi connectivity index (χ2v) is 6.28. The van der Waals surface area contributed by atoms with Gasteiger partial charge in [0.25, 0.3) is 0 Å². The van der Waals surface area contributed by atoms with Gasteiger partial charge in [0, 0.05) is 25.8 Å². The number of carbonyl (C=O) groups excluding carboxylic acids is 1. The first kappa shape index (κ1) is 16.9. The van der Waals surface area contributed by atoms with Crippen LogP contribution >= 0.6 is 11.6 Å². The summed E-state index contributed by atoms with van der Waals surface area (Å²) in [4.78, 5) is 14.0. The Morgan fingerprint density at radius 3 is 2.95 bits per heavy atom. The van der Waals surface area contributed by atoms with Crippen LogP contribution in [0.25, 0.3) is 0 Å². The van der Waals surface area contributed by atoms with Crippen LogP contribution in [0.5, 0.6) is 5.75 Å². The Bertz CT molecular complexity index is 522. The third kappa shape index (κ3) is 4.52. The van der Waals surface area contributed by atoms with E-state index in [4.69, 9.17) is 16.3 Å². The first-order valence-corrected chi connectivity index (χ1v) is 8.00. The molecule has 1 aliphatic rings. The largest absolute Gasteiger partial charge is 0.491 e. The lowest BCUT2D eigenvalue weighted by Crippen LogP contribution is -2.43. The number of ether oxygens (including phenoxy) is 1. The predicted molar refractivity (Wildman–Crippen MR) is 87.6 cm³/mol. The molecule has 0 spiro atoms. The van der Waals surface area contributed by atoms with Crippen LogP contribution in [0.2, 0.25) is 5.02 Å².